The van der Waals surface area contributed by atoms with Gasteiger partial charge in [0.25, 0.3) is 0 Å². The first-order valence-corrected chi connectivity index (χ1v) is 7.65. The molecule has 1 aliphatic heterocycles. The Labute approximate surface area is 128 Å². The molecule has 0 saturated carbocycles. The Morgan fingerprint density at radius 3 is 2.40 bits per heavy atom. The van der Waals surface area contributed by atoms with E-state index in [0.717, 1.165) is 29.7 Å². The molecule has 1 fully saturated rings. The molecule has 1 saturated heterocycles. The van der Waals surface area contributed by atoms with E-state index in [0.29, 0.717) is 6.42 Å². The smallest absolute Gasteiger partial charge is 0.0971 e. The van der Waals surface area contributed by atoms with E-state index in [-0.39, 0.29) is 12.2 Å². The van der Waals surface area contributed by atoms with Gasteiger partial charge in [0.1, 0.15) is 0 Å². The van der Waals surface area contributed by atoms with E-state index in [2.05, 4.69) is 20.8 Å². The monoisotopic (exact) mass is 343 g/mol. The lowest BCUT2D eigenvalue weighted by atomic mass is 10.1. The lowest BCUT2D eigenvalue weighted by molar-refractivity contribution is -0.00461. The summed E-state index contributed by atoms with van der Waals surface area (Å²) in [5, 5.41) is 10.3. The number of rotatable bonds is 6. The van der Waals surface area contributed by atoms with Gasteiger partial charge in [0.2, 0.25) is 0 Å². The van der Waals surface area contributed by atoms with E-state index < -0.39 is 6.10 Å². The second-order valence-electron chi connectivity index (χ2n) is 5.13. The van der Waals surface area contributed by atoms with Crippen molar-refractivity contribution in [2.45, 2.75) is 24.7 Å². The van der Waals surface area contributed by atoms with Gasteiger partial charge in [-0.3, -0.25) is 4.90 Å². The number of aliphatic hydroxyl groups excluding tert-OH is 1. The van der Waals surface area contributed by atoms with Crippen LogP contribution in [0.5, 0.6) is 0 Å². The molecule has 5 heteroatoms. The molecule has 0 bridgehead atoms. The van der Waals surface area contributed by atoms with Crippen molar-refractivity contribution in [3.8, 4) is 0 Å². The maximum Gasteiger partial charge on any atom is 0.0971 e. The number of aliphatic hydroxyl groups is 1. The lowest BCUT2D eigenvalue weighted by Gasteiger charge is -2.18. The molecule has 0 spiro atoms. The van der Waals surface area contributed by atoms with Crippen LogP contribution in [0.4, 0.5) is 0 Å². The lowest BCUT2D eigenvalue weighted by Crippen LogP contribution is -2.27. The highest BCUT2D eigenvalue weighted by molar-refractivity contribution is 9.10. The van der Waals surface area contributed by atoms with E-state index in [4.69, 9.17) is 9.47 Å². The number of likely N-dealkylation sites (tertiary alicyclic amines) is 1. The first-order chi connectivity index (χ1) is 9.65. The summed E-state index contributed by atoms with van der Waals surface area (Å²) in [5.74, 6) is 0. The molecular weight excluding hydrogens is 322 g/mol. The highest BCUT2D eigenvalue weighted by atomic mass is 79.9. The van der Waals surface area contributed by atoms with Gasteiger partial charge in [0, 0.05) is 38.3 Å². The van der Waals surface area contributed by atoms with Crippen molar-refractivity contribution in [1.29, 1.82) is 0 Å². The molecule has 1 aliphatic rings. The van der Waals surface area contributed by atoms with Crippen molar-refractivity contribution in [2.75, 3.05) is 33.9 Å². The van der Waals surface area contributed by atoms with E-state index >= 15 is 0 Å². The number of hydrogen-bond donors (Lipinski definition) is 1. The quantitative estimate of drug-likeness (QED) is 0.859. The Bertz CT molecular complexity index is 417. The van der Waals surface area contributed by atoms with Crippen LogP contribution in [0.3, 0.4) is 0 Å². The molecule has 0 aromatic heterocycles. The Kier molecular flexibility index (Phi) is 5.99. The third-order valence-corrected chi connectivity index (χ3v) is 4.60. The number of halogens is 1. The fourth-order valence-corrected chi connectivity index (χ4v) is 3.21. The Hall–Kier alpha value is -0.460. The molecule has 0 aliphatic carbocycles. The molecular formula is C15H22BrNO3. The Morgan fingerprint density at radius 2 is 1.85 bits per heavy atom. The molecule has 4 nitrogen and oxygen atoms in total. The van der Waals surface area contributed by atoms with Crippen LogP contribution in [0.25, 0.3) is 0 Å². The van der Waals surface area contributed by atoms with Crippen molar-refractivity contribution in [2.24, 2.45) is 0 Å². The zero-order valence-electron chi connectivity index (χ0n) is 12.0. The van der Waals surface area contributed by atoms with Crippen LogP contribution >= 0.6 is 15.9 Å². The molecule has 1 heterocycles. The summed E-state index contributed by atoms with van der Waals surface area (Å²) in [7, 11) is 3.44. The first-order valence-electron chi connectivity index (χ1n) is 6.86. The number of methoxy groups -OCH3 is 2. The van der Waals surface area contributed by atoms with Crippen LogP contribution in [0, 0.1) is 0 Å². The number of nitrogens with zero attached hydrogens (tertiary/aromatic N) is 1. The van der Waals surface area contributed by atoms with Gasteiger partial charge in [-0.1, -0.05) is 34.1 Å². The second kappa shape index (κ2) is 7.52. The van der Waals surface area contributed by atoms with Gasteiger partial charge in [-0.25, -0.2) is 0 Å². The first kappa shape index (κ1) is 15.9. The SMILES string of the molecule is COC1CN(CCC(O)c2ccccc2Br)CC1OC. The van der Waals surface area contributed by atoms with Crippen molar-refractivity contribution in [3.63, 3.8) is 0 Å². The molecule has 20 heavy (non-hydrogen) atoms. The third kappa shape index (κ3) is 3.80. The molecule has 3 atom stereocenters. The molecule has 0 radical (unpaired) electrons. The summed E-state index contributed by atoms with van der Waals surface area (Å²) in [6, 6.07) is 7.80. The van der Waals surface area contributed by atoms with Crippen LogP contribution in [-0.4, -0.2) is 56.1 Å². The van der Waals surface area contributed by atoms with E-state index in [9.17, 15) is 5.11 Å². The van der Waals surface area contributed by atoms with Gasteiger partial charge in [-0.05, 0) is 18.1 Å². The van der Waals surface area contributed by atoms with Gasteiger partial charge in [-0.2, -0.15) is 0 Å². The minimum Gasteiger partial charge on any atom is -0.388 e. The highest BCUT2D eigenvalue weighted by Crippen LogP contribution is 2.26. The van der Waals surface area contributed by atoms with E-state index in [1.54, 1.807) is 14.2 Å². The largest absolute Gasteiger partial charge is 0.388 e. The zero-order valence-corrected chi connectivity index (χ0v) is 13.5. The minimum absolute atomic E-state index is 0.126. The number of ether oxygens (including phenoxy) is 2. The Balaban J connectivity index is 1.85. The highest BCUT2D eigenvalue weighted by Gasteiger charge is 2.32. The average Bonchev–Trinajstić information content (AvgIpc) is 2.87. The van der Waals surface area contributed by atoms with Crippen molar-refractivity contribution < 1.29 is 14.6 Å². The van der Waals surface area contributed by atoms with Crippen molar-refractivity contribution in [3.05, 3.63) is 34.3 Å². The maximum absolute atomic E-state index is 10.3. The van der Waals surface area contributed by atoms with Gasteiger partial charge in [-0.15, -0.1) is 0 Å². The maximum atomic E-state index is 10.3. The minimum atomic E-state index is -0.451. The van der Waals surface area contributed by atoms with Crippen LogP contribution < -0.4 is 0 Å². The number of hydrogen-bond acceptors (Lipinski definition) is 4. The van der Waals surface area contributed by atoms with E-state index in [1.807, 2.05) is 24.3 Å². The number of benzene rings is 1. The van der Waals surface area contributed by atoms with Gasteiger partial charge >= 0.3 is 0 Å². The third-order valence-electron chi connectivity index (χ3n) is 3.88. The fraction of sp³-hybridized carbons (Fsp3) is 0.600. The van der Waals surface area contributed by atoms with Gasteiger partial charge < -0.3 is 14.6 Å². The van der Waals surface area contributed by atoms with Crippen molar-refractivity contribution >= 4 is 15.9 Å². The summed E-state index contributed by atoms with van der Waals surface area (Å²) in [4.78, 5) is 2.28. The summed E-state index contributed by atoms with van der Waals surface area (Å²) in [6.45, 7) is 2.55. The normalized spacial score (nSPS) is 25.0. The summed E-state index contributed by atoms with van der Waals surface area (Å²) in [5.41, 5.74) is 0.943. The summed E-state index contributed by atoms with van der Waals surface area (Å²) < 4.78 is 11.8. The topological polar surface area (TPSA) is 41.9 Å². The average molecular weight is 344 g/mol. The summed E-state index contributed by atoms with van der Waals surface area (Å²) >= 11 is 3.48. The molecule has 2 rings (SSSR count). The molecule has 112 valence electrons. The standard InChI is InChI=1S/C15H22BrNO3/c1-19-14-9-17(10-15(14)20-2)8-7-13(18)11-5-3-4-6-12(11)16/h3-6,13-15,18H,7-10H2,1-2H3. The molecule has 1 N–H and O–H groups in total. The fourth-order valence-electron chi connectivity index (χ4n) is 2.66. The van der Waals surface area contributed by atoms with Crippen LogP contribution in [-0.2, 0) is 9.47 Å². The van der Waals surface area contributed by atoms with E-state index in [1.165, 1.54) is 0 Å². The summed E-state index contributed by atoms with van der Waals surface area (Å²) in [6.07, 6.45) is 0.504. The van der Waals surface area contributed by atoms with Crippen molar-refractivity contribution in [1.82, 2.24) is 4.90 Å². The van der Waals surface area contributed by atoms with Gasteiger partial charge in [0.15, 0.2) is 0 Å². The predicted molar refractivity (Wildman–Crippen MR) is 81.8 cm³/mol. The Morgan fingerprint density at radius 1 is 1.25 bits per heavy atom. The molecule has 3 unspecified atom stereocenters. The van der Waals surface area contributed by atoms with Gasteiger partial charge in [0.05, 0.1) is 18.3 Å². The second-order valence-corrected chi connectivity index (χ2v) is 5.99. The molecule has 1 aromatic carbocycles. The molecule has 1 aromatic rings. The zero-order chi connectivity index (χ0) is 14.5. The van der Waals surface area contributed by atoms with Crippen LogP contribution in [0.1, 0.15) is 18.1 Å². The van der Waals surface area contributed by atoms with Crippen LogP contribution in [0.15, 0.2) is 28.7 Å². The molecule has 0 amide bonds. The van der Waals surface area contributed by atoms with Crippen LogP contribution in [0.2, 0.25) is 0 Å². The predicted octanol–water partition coefficient (Wildman–Crippen LogP) is 2.22.